The van der Waals surface area contributed by atoms with Gasteiger partial charge >= 0.3 is 0 Å². The fraction of sp³-hybridized carbons (Fsp3) is 0.429. The summed E-state index contributed by atoms with van der Waals surface area (Å²) in [6.45, 7) is 3.35. The number of hydrazine groups is 1. The van der Waals surface area contributed by atoms with Gasteiger partial charge in [-0.15, -0.1) is 0 Å². The minimum atomic E-state index is -0.0946. The third-order valence-electron chi connectivity index (χ3n) is 5.53. The lowest BCUT2D eigenvalue weighted by atomic mass is 9.93. The molecule has 6 nitrogen and oxygen atoms in total. The van der Waals surface area contributed by atoms with Crippen LogP contribution >= 0.6 is 0 Å². The third-order valence-corrected chi connectivity index (χ3v) is 5.53. The highest BCUT2D eigenvalue weighted by Gasteiger charge is 2.34. The lowest BCUT2D eigenvalue weighted by Crippen LogP contribution is -2.43. The number of benzene rings is 1. The van der Waals surface area contributed by atoms with Crippen LogP contribution in [-0.2, 0) is 4.79 Å². The van der Waals surface area contributed by atoms with Crippen LogP contribution in [-0.4, -0.2) is 37.1 Å². The highest BCUT2D eigenvalue weighted by Crippen LogP contribution is 2.25. The Kier molecular flexibility index (Phi) is 5.65. The van der Waals surface area contributed by atoms with Crippen molar-refractivity contribution in [3.8, 4) is 0 Å². The molecule has 0 aliphatic carbocycles. The van der Waals surface area contributed by atoms with Gasteiger partial charge in [0.1, 0.15) is 5.82 Å². The van der Waals surface area contributed by atoms with E-state index in [9.17, 15) is 4.79 Å². The Bertz CT molecular complexity index is 739. The zero-order valence-electron chi connectivity index (χ0n) is 15.5. The van der Waals surface area contributed by atoms with Crippen LogP contribution in [0.1, 0.15) is 24.4 Å². The van der Waals surface area contributed by atoms with E-state index < -0.39 is 0 Å². The first-order valence-electron chi connectivity index (χ1n) is 9.78. The minimum absolute atomic E-state index is 0.0163. The molecule has 27 heavy (non-hydrogen) atoms. The summed E-state index contributed by atoms with van der Waals surface area (Å²) in [6, 6.07) is 16.2. The first-order chi connectivity index (χ1) is 13.3. The number of nitrogens with one attached hydrogen (secondary N) is 3. The number of carbonyl (C=O) groups is 1. The van der Waals surface area contributed by atoms with Gasteiger partial charge in [0.2, 0.25) is 5.91 Å². The van der Waals surface area contributed by atoms with Gasteiger partial charge in [0.05, 0.1) is 12.0 Å². The standard InChI is InChI=1S/C21H27N5O/c27-21(18-14-24-25-20(18)17-8-2-1-3-9-17)23-13-16-7-6-12-26(15-16)19-10-4-5-11-22-19/h1-5,8-11,16,18,20,24-25H,6-7,12-15H2,(H,23,27). The second-order valence-corrected chi connectivity index (χ2v) is 7.41. The lowest BCUT2D eigenvalue weighted by Gasteiger charge is -2.34. The average Bonchev–Trinajstić information content (AvgIpc) is 3.24. The van der Waals surface area contributed by atoms with Crippen molar-refractivity contribution in [2.75, 3.05) is 31.1 Å². The quantitative estimate of drug-likeness (QED) is 0.755. The molecule has 2 aliphatic heterocycles. The molecule has 2 aliphatic rings. The van der Waals surface area contributed by atoms with Gasteiger partial charge < -0.3 is 10.2 Å². The molecule has 6 heteroatoms. The Morgan fingerprint density at radius 1 is 1.19 bits per heavy atom. The van der Waals surface area contributed by atoms with Crippen LogP contribution in [0.4, 0.5) is 5.82 Å². The Morgan fingerprint density at radius 2 is 2.04 bits per heavy atom. The van der Waals surface area contributed by atoms with E-state index in [0.29, 0.717) is 12.5 Å². The van der Waals surface area contributed by atoms with E-state index in [2.05, 4.69) is 44.3 Å². The van der Waals surface area contributed by atoms with Crippen LogP contribution in [0.25, 0.3) is 0 Å². The van der Waals surface area contributed by atoms with Crippen molar-refractivity contribution in [3.05, 3.63) is 60.3 Å². The second kappa shape index (κ2) is 8.50. The third kappa shape index (κ3) is 4.28. The number of aromatic nitrogens is 1. The maximum Gasteiger partial charge on any atom is 0.226 e. The molecule has 3 atom stereocenters. The van der Waals surface area contributed by atoms with Crippen molar-refractivity contribution in [2.24, 2.45) is 11.8 Å². The Hall–Kier alpha value is -2.44. The number of amides is 1. The molecule has 3 heterocycles. The summed E-state index contributed by atoms with van der Waals surface area (Å²) in [4.78, 5) is 19.6. The van der Waals surface area contributed by atoms with E-state index in [4.69, 9.17) is 0 Å². The van der Waals surface area contributed by atoms with Crippen LogP contribution in [0.3, 0.4) is 0 Å². The molecule has 1 aromatic carbocycles. The van der Waals surface area contributed by atoms with Crippen molar-refractivity contribution in [1.29, 1.82) is 0 Å². The molecule has 1 aromatic heterocycles. The van der Waals surface area contributed by atoms with Crippen molar-refractivity contribution in [3.63, 3.8) is 0 Å². The van der Waals surface area contributed by atoms with E-state index >= 15 is 0 Å². The smallest absolute Gasteiger partial charge is 0.226 e. The van der Waals surface area contributed by atoms with Crippen LogP contribution < -0.4 is 21.1 Å². The summed E-state index contributed by atoms with van der Waals surface area (Å²) >= 11 is 0. The van der Waals surface area contributed by atoms with Gasteiger partial charge in [-0.3, -0.25) is 10.2 Å². The normalized spacial score (nSPS) is 25.3. The molecular formula is C21H27N5O. The molecule has 0 bridgehead atoms. The van der Waals surface area contributed by atoms with E-state index in [1.165, 1.54) is 0 Å². The number of piperidine rings is 1. The summed E-state index contributed by atoms with van der Waals surface area (Å²) in [7, 11) is 0. The Labute approximate surface area is 160 Å². The number of pyridine rings is 1. The molecule has 0 radical (unpaired) electrons. The lowest BCUT2D eigenvalue weighted by molar-refractivity contribution is -0.125. The maximum atomic E-state index is 12.8. The second-order valence-electron chi connectivity index (χ2n) is 7.41. The average molecular weight is 365 g/mol. The summed E-state index contributed by atoms with van der Waals surface area (Å²) < 4.78 is 0. The van der Waals surface area contributed by atoms with Crippen molar-refractivity contribution in [2.45, 2.75) is 18.9 Å². The van der Waals surface area contributed by atoms with Gasteiger partial charge in [0.15, 0.2) is 0 Å². The van der Waals surface area contributed by atoms with Crippen molar-refractivity contribution < 1.29 is 4.79 Å². The molecule has 1 amide bonds. The van der Waals surface area contributed by atoms with E-state index in [-0.39, 0.29) is 17.9 Å². The molecular weight excluding hydrogens is 338 g/mol. The van der Waals surface area contributed by atoms with Gasteiger partial charge in [-0.2, -0.15) is 0 Å². The number of hydrogen-bond donors (Lipinski definition) is 3. The van der Waals surface area contributed by atoms with Gasteiger partial charge in [-0.25, -0.2) is 10.4 Å². The summed E-state index contributed by atoms with van der Waals surface area (Å²) in [6.07, 6.45) is 4.12. The van der Waals surface area contributed by atoms with Crippen molar-refractivity contribution in [1.82, 2.24) is 21.2 Å². The van der Waals surface area contributed by atoms with Crippen molar-refractivity contribution >= 4 is 11.7 Å². The zero-order valence-corrected chi connectivity index (χ0v) is 15.5. The molecule has 3 N–H and O–H groups in total. The fourth-order valence-electron chi connectivity index (χ4n) is 4.07. The Morgan fingerprint density at radius 3 is 2.85 bits per heavy atom. The summed E-state index contributed by atoms with van der Waals surface area (Å²) in [5.74, 6) is 1.52. The SMILES string of the molecule is O=C(NCC1CCCN(c2ccccn2)C1)C1CNNC1c1ccccc1. The molecule has 2 fully saturated rings. The van der Waals surface area contributed by atoms with Gasteiger partial charge in [-0.05, 0) is 36.5 Å². The Balaban J connectivity index is 1.32. The molecule has 3 unspecified atom stereocenters. The monoisotopic (exact) mass is 365 g/mol. The molecule has 4 rings (SSSR count). The van der Waals surface area contributed by atoms with Gasteiger partial charge in [-0.1, -0.05) is 36.4 Å². The molecule has 2 saturated heterocycles. The van der Waals surface area contributed by atoms with E-state index in [0.717, 1.165) is 43.9 Å². The minimum Gasteiger partial charge on any atom is -0.356 e. The first-order valence-corrected chi connectivity index (χ1v) is 9.78. The number of rotatable bonds is 5. The summed E-state index contributed by atoms with van der Waals surface area (Å²) in [5, 5.41) is 3.20. The van der Waals surface area contributed by atoms with Crippen LogP contribution in [0.2, 0.25) is 0 Å². The molecule has 0 saturated carbocycles. The van der Waals surface area contributed by atoms with Crippen LogP contribution in [0.15, 0.2) is 54.7 Å². The summed E-state index contributed by atoms with van der Waals surface area (Å²) in [5.41, 5.74) is 7.52. The number of anilines is 1. The highest BCUT2D eigenvalue weighted by atomic mass is 16.2. The fourth-order valence-corrected chi connectivity index (χ4v) is 4.07. The molecule has 2 aromatic rings. The van der Waals surface area contributed by atoms with Crippen LogP contribution in [0.5, 0.6) is 0 Å². The topological polar surface area (TPSA) is 69.3 Å². The maximum absolute atomic E-state index is 12.8. The van der Waals surface area contributed by atoms with Crippen LogP contribution in [0, 0.1) is 11.8 Å². The largest absolute Gasteiger partial charge is 0.356 e. The number of hydrogen-bond acceptors (Lipinski definition) is 5. The predicted molar refractivity (Wildman–Crippen MR) is 106 cm³/mol. The van der Waals surface area contributed by atoms with E-state index in [1.807, 2.05) is 36.5 Å². The van der Waals surface area contributed by atoms with Gasteiger partial charge in [0.25, 0.3) is 0 Å². The zero-order chi connectivity index (χ0) is 18.5. The highest BCUT2D eigenvalue weighted by molar-refractivity contribution is 5.80. The molecule has 0 spiro atoms. The van der Waals surface area contributed by atoms with E-state index in [1.54, 1.807) is 0 Å². The number of carbonyl (C=O) groups excluding carboxylic acids is 1. The first kappa shape index (κ1) is 17.9. The predicted octanol–water partition coefficient (Wildman–Crippen LogP) is 1.88. The molecule has 142 valence electrons. The number of nitrogens with zero attached hydrogens (tertiary/aromatic N) is 2. The van der Waals surface area contributed by atoms with Gasteiger partial charge in [0, 0.05) is 32.4 Å².